The quantitative estimate of drug-likeness (QED) is 0.606. The minimum absolute atomic E-state index is 0.00472. The molecule has 0 aromatic heterocycles. The topological polar surface area (TPSA) is 69.4 Å². The first-order valence-corrected chi connectivity index (χ1v) is 6.37. The predicted molar refractivity (Wildman–Crippen MR) is 59.4 cm³/mol. The van der Waals surface area contributed by atoms with E-state index in [4.69, 9.17) is 10.5 Å². The van der Waals surface area contributed by atoms with Gasteiger partial charge in [-0.3, -0.25) is 0 Å². The molecule has 4 nitrogen and oxygen atoms in total. The first-order chi connectivity index (χ1) is 7.06. The molecule has 0 radical (unpaired) electrons. The number of nitrogen functional groups attached to an aromatic ring is 1. The van der Waals surface area contributed by atoms with Gasteiger partial charge in [0.1, 0.15) is 0 Å². The molecule has 0 bridgehead atoms. The average molecular weight is 229 g/mol. The van der Waals surface area contributed by atoms with Crippen molar-refractivity contribution in [3.63, 3.8) is 0 Å². The molecule has 0 heterocycles. The van der Waals surface area contributed by atoms with Gasteiger partial charge in [-0.05, 0) is 31.2 Å². The zero-order valence-electron chi connectivity index (χ0n) is 8.64. The highest BCUT2D eigenvalue weighted by Crippen LogP contribution is 2.13. The lowest BCUT2D eigenvalue weighted by Gasteiger charge is -2.04. The Morgan fingerprint density at radius 2 is 1.87 bits per heavy atom. The maximum absolute atomic E-state index is 11.7. The molecule has 0 saturated carbocycles. The first-order valence-electron chi connectivity index (χ1n) is 4.72. The highest BCUT2D eigenvalue weighted by molar-refractivity contribution is 7.91. The van der Waals surface area contributed by atoms with Crippen molar-refractivity contribution in [3.8, 4) is 0 Å². The summed E-state index contributed by atoms with van der Waals surface area (Å²) >= 11 is 0. The monoisotopic (exact) mass is 229 g/mol. The van der Waals surface area contributed by atoms with Gasteiger partial charge in [0.15, 0.2) is 9.84 Å². The second kappa shape index (κ2) is 5.14. The minimum atomic E-state index is -3.23. The molecule has 0 saturated heterocycles. The normalized spacial score (nSPS) is 11.5. The van der Waals surface area contributed by atoms with Crippen LogP contribution in [0.3, 0.4) is 0 Å². The van der Waals surface area contributed by atoms with Crippen molar-refractivity contribution in [1.82, 2.24) is 0 Å². The highest BCUT2D eigenvalue weighted by atomic mass is 32.2. The fraction of sp³-hybridized carbons (Fsp3) is 0.400. The summed E-state index contributed by atoms with van der Waals surface area (Å²) in [4.78, 5) is 0.288. The largest absolute Gasteiger partial charge is 0.399 e. The molecule has 0 aliphatic carbocycles. The van der Waals surface area contributed by atoms with E-state index in [1.165, 1.54) is 12.1 Å². The lowest BCUT2D eigenvalue weighted by molar-refractivity contribution is 0.163. The van der Waals surface area contributed by atoms with E-state index in [-0.39, 0.29) is 17.3 Å². The molecule has 1 rings (SSSR count). The molecule has 0 spiro atoms. The molecule has 5 heteroatoms. The fourth-order valence-electron chi connectivity index (χ4n) is 1.11. The smallest absolute Gasteiger partial charge is 0.180 e. The molecule has 84 valence electrons. The highest BCUT2D eigenvalue weighted by Gasteiger charge is 2.13. The van der Waals surface area contributed by atoms with Crippen LogP contribution in [-0.4, -0.2) is 27.4 Å². The number of hydrogen-bond donors (Lipinski definition) is 1. The molecule has 0 unspecified atom stereocenters. The van der Waals surface area contributed by atoms with Gasteiger partial charge in [-0.2, -0.15) is 0 Å². The van der Waals surface area contributed by atoms with E-state index in [1.54, 1.807) is 12.1 Å². The number of rotatable bonds is 5. The fourth-order valence-corrected chi connectivity index (χ4v) is 2.23. The van der Waals surface area contributed by atoms with Gasteiger partial charge in [0.25, 0.3) is 0 Å². The zero-order valence-corrected chi connectivity index (χ0v) is 9.46. The van der Waals surface area contributed by atoms with Crippen LogP contribution in [0.4, 0.5) is 5.69 Å². The van der Waals surface area contributed by atoms with Crippen LogP contribution < -0.4 is 5.73 Å². The second-order valence-corrected chi connectivity index (χ2v) is 5.19. The predicted octanol–water partition coefficient (Wildman–Crippen LogP) is 1.08. The summed E-state index contributed by atoms with van der Waals surface area (Å²) < 4.78 is 28.4. The van der Waals surface area contributed by atoms with Gasteiger partial charge in [-0.1, -0.05) is 0 Å². The van der Waals surface area contributed by atoms with Crippen LogP contribution in [0.25, 0.3) is 0 Å². The zero-order chi connectivity index (χ0) is 11.3. The molecule has 15 heavy (non-hydrogen) atoms. The molecule has 0 atom stereocenters. The minimum Gasteiger partial charge on any atom is -0.399 e. The lowest BCUT2D eigenvalue weighted by Crippen LogP contribution is -2.12. The molecular formula is C10H15NO3S. The average Bonchev–Trinajstić information content (AvgIpc) is 2.18. The van der Waals surface area contributed by atoms with Gasteiger partial charge in [0, 0.05) is 12.3 Å². The number of ether oxygens (including phenoxy) is 1. The van der Waals surface area contributed by atoms with Gasteiger partial charge in [-0.25, -0.2) is 8.42 Å². The molecule has 2 N–H and O–H groups in total. The van der Waals surface area contributed by atoms with Crippen LogP contribution in [0.2, 0.25) is 0 Å². The Kier molecular flexibility index (Phi) is 4.11. The molecule has 1 aromatic rings. The van der Waals surface area contributed by atoms with Gasteiger partial charge >= 0.3 is 0 Å². The van der Waals surface area contributed by atoms with Crippen LogP contribution in [-0.2, 0) is 14.6 Å². The molecule has 0 aliphatic heterocycles. The Morgan fingerprint density at radius 1 is 1.27 bits per heavy atom. The molecule has 0 amide bonds. The Hall–Kier alpha value is -1.07. The van der Waals surface area contributed by atoms with E-state index in [0.717, 1.165) is 0 Å². The van der Waals surface area contributed by atoms with Gasteiger partial charge < -0.3 is 10.5 Å². The third kappa shape index (κ3) is 3.53. The summed E-state index contributed by atoms with van der Waals surface area (Å²) in [5.74, 6) is 0.00472. The summed E-state index contributed by atoms with van der Waals surface area (Å²) in [6.07, 6.45) is 0. The van der Waals surface area contributed by atoms with Gasteiger partial charge in [0.05, 0.1) is 17.3 Å². The van der Waals surface area contributed by atoms with Crippen molar-refractivity contribution in [3.05, 3.63) is 24.3 Å². The van der Waals surface area contributed by atoms with Crippen LogP contribution in [0.1, 0.15) is 6.92 Å². The summed E-state index contributed by atoms with van der Waals surface area (Å²) in [5.41, 5.74) is 6.03. The Labute approximate surface area is 90.0 Å². The van der Waals surface area contributed by atoms with Crippen LogP contribution in [0.5, 0.6) is 0 Å². The summed E-state index contributed by atoms with van der Waals surface area (Å²) in [6.45, 7) is 2.58. The van der Waals surface area contributed by atoms with E-state index in [2.05, 4.69) is 0 Å². The van der Waals surface area contributed by atoms with Crippen molar-refractivity contribution >= 4 is 15.5 Å². The van der Waals surface area contributed by atoms with Crippen molar-refractivity contribution in [1.29, 1.82) is 0 Å². The maximum atomic E-state index is 11.7. The van der Waals surface area contributed by atoms with E-state index < -0.39 is 9.84 Å². The molecule has 0 fully saturated rings. The molecule has 1 aromatic carbocycles. The SMILES string of the molecule is CCOCCS(=O)(=O)c1ccc(N)cc1. The Bertz CT molecular complexity index is 397. The van der Waals surface area contributed by atoms with Crippen molar-refractivity contribution in [2.45, 2.75) is 11.8 Å². The standard InChI is InChI=1S/C10H15NO3S/c1-2-14-7-8-15(12,13)10-5-3-9(11)4-6-10/h3-6H,2,7-8,11H2,1H3. The van der Waals surface area contributed by atoms with E-state index in [9.17, 15) is 8.42 Å². The van der Waals surface area contributed by atoms with E-state index >= 15 is 0 Å². The lowest BCUT2D eigenvalue weighted by atomic mass is 10.3. The summed E-state index contributed by atoms with van der Waals surface area (Å²) in [6, 6.07) is 6.17. The van der Waals surface area contributed by atoms with Crippen molar-refractivity contribution < 1.29 is 13.2 Å². The third-order valence-electron chi connectivity index (χ3n) is 1.94. The number of nitrogens with two attached hydrogens (primary N) is 1. The molecular weight excluding hydrogens is 214 g/mol. The number of benzene rings is 1. The molecule has 0 aliphatic rings. The number of anilines is 1. The van der Waals surface area contributed by atoms with Crippen molar-refractivity contribution in [2.75, 3.05) is 24.7 Å². The van der Waals surface area contributed by atoms with Crippen LogP contribution in [0, 0.1) is 0 Å². The van der Waals surface area contributed by atoms with Crippen LogP contribution in [0.15, 0.2) is 29.2 Å². The van der Waals surface area contributed by atoms with Crippen LogP contribution >= 0.6 is 0 Å². The Morgan fingerprint density at radius 3 is 2.40 bits per heavy atom. The van der Waals surface area contributed by atoms with E-state index in [1.807, 2.05) is 6.92 Å². The van der Waals surface area contributed by atoms with Crippen molar-refractivity contribution in [2.24, 2.45) is 0 Å². The maximum Gasteiger partial charge on any atom is 0.180 e. The summed E-state index contributed by atoms with van der Waals surface area (Å²) in [5, 5.41) is 0. The number of hydrogen-bond acceptors (Lipinski definition) is 4. The Balaban J connectivity index is 2.73. The first kappa shape index (κ1) is 12.0. The van der Waals surface area contributed by atoms with Gasteiger partial charge in [-0.15, -0.1) is 0 Å². The number of sulfone groups is 1. The summed E-state index contributed by atoms with van der Waals surface area (Å²) in [7, 11) is -3.23. The van der Waals surface area contributed by atoms with Gasteiger partial charge in [0.2, 0.25) is 0 Å². The third-order valence-corrected chi connectivity index (χ3v) is 3.63. The second-order valence-electron chi connectivity index (χ2n) is 3.08. The van der Waals surface area contributed by atoms with E-state index in [0.29, 0.717) is 12.3 Å².